The van der Waals surface area contributed by atoms with Gasteiger partial charge in [-0.25, -0.2) is 9.37 Å². The molecule has 0 saturated carbocycles. The number of nitrogen functional groups attached to an aromatic ring is 1. The van der Waals surface area contributed by atoms with Crippen LogP contribution in [0.2, 0.25) is 5.02 Å². The van der Waals surface area contributed by atoms with Gasteiger partial charge in [0, 0.05) is 47.0 Å². The van der Waals surface area contributed by atoms with Gasteiger partial charge >= 0.3 is 0 Å². The third kappa shape index (κ3) is 4.61. The zero-order valence-corrected chi connectivity index (χ0v) is 16.5. The van der Waals surface area contributed by atoms with Crippen molar-refractivity contribution < 1.29 is 4.39 Å². The van der Waals surface area contributed by atoms with Gasteiger partial charge in [0.05, 0.1) is 15.6 Å². The van der Waals surface area contributed by atoms with Gasteiger partial charge in [-0.15, -0.1) is 0 Å². The molecule has 144 valence electrons. The minimum absolute atomic E-state index is 0.0956. The number of hydrogen-bond acceptors (Lipinski definition) is 7. The van der Waals surface area contributed by atoms with Gasteiger partial charge in [-0.1, -0.05) is 23.4 Å². The molecule has 0 saturated heterocycles. The molecule has 0 aliphatic rings. The monoisotopic (exact) mass is 424 g/mol. The first kappa shape index (κ1) is 19.1. The fourth-order valence-electron chi connectivity index (χ4n) is 2.60. The Morgan fingerprint density at radius 1 is 0.931 bits per heavy atom. The number of pyridine rings is 2. The second-order valence-corrected chi connectivity index (χ2v) is 7.40. The third-order valence-electron chi connectivity index (χ3n) is 3.86. The molecule has 4 rings (SSSR count). The summed E-state index contributed by atoms with van der Waals surface area (Å²) in [6.45, 7) is 0. The third-order valence-corrected chi connectivity index (χ3v) is 5.40. The Bertz CT molecular complexity index is 1120. The summed E-state index contributed by atoms with van der Waals surface area (Å²) in [7, 11) is 0. The van der Waals surface area contributed by atoms with E-state index in [-0.39, 0.29) is 11.0 Å². The molecular formula is C20H14ClFN6S. The molecule has 0 unspecified atom stereocenters. The molecule has 3 heterocycles. The van der Waals surface area contributed by atoms with Gasteiger partial charge in [-0.2, -0.15) is 4.98 Å². The topological polar surface area (TPSA) is 89.6 Å². The minimum Gasteiger partial charge on any atom is -0.368 e. The predicted octanol–water partition coefficient (Wildman–Crippen LogP) is 5.20. The van der Waals surface area contributed by atoms with Crippen LogP contribution in [-0.2, 0) is 0 Å². The molecule has 3 aromatic heterocycles. The Morgan fingerprint density at radius 2 is 1.62 bits per heavy atom. The number of nitrogens with zero attached hydrogens (tertiary/aromatic N) is 4. The molecule has 29 heavy (non-hydrogen) atoms. The first-order chi connectivity index (χ1) is 14.1. The largest absolute Gasteiger partial charge is 0.368 e. The maximum absolute atomic E-state index is 14.7. The number of halogens is 2. The highest BCUT2D eigenvalue weighted by molar-refractivity contribution is 7.99. The number of nitrogens with one attached hydrogen (secondary N) is 1. The lowest BCUT2D eigenvalue weighted by molar-refractivity contribution is 0.603. The summed E-state index contributed by atoms with van der Waals surface area (Å²) in [4.78, 5) is 17.5. The van der Waals surface area contributed by atoms with Gasteiger partial charge in [0.1, 0.15) is 11.6 Å². The second kappa shape index (κ2) is 8.42. The van der Waals surface area contributed by atoms with Crippen LogP contribution in [0.5, 0.6) is 0 Å². The van der Waals surface area contributed by atoms with E-state index in [4.69, 9.17) is 17.3 Å². The summed E-state index contributed by atoms with van der Waals surface area (Å²) in [6.07, 6.45) is 6.61. The fourth-order valence-corrected chi connectivity index (χ4v) is 3.73. The standard InChI is InChI=1S/C20H14ClFN6S/c21-15-9-13(10-16(22)19(15)29-14-3-7-25-8-4-14)26-18-11-17(27-20(23)28-18)12-1-5-24-6-2-12/h1-11H,(H3,23,26,27,28). The average molecular weight is 425 g/mol. The van der Waals surface area contributed by atoms with Crippen LogP contribution in [0.15, 0.2) is 77.0 Å². The van der Waals surface area contributed by atoms with E-state index >= 15 is 0 Å². The molecule has 6 nitrogen and oxygen atoms in total. The van der Waals surface area contributed by atoms with Crippen molar-refractivity contribution in [2.75, 3.05) is 11.1 Å². The van der Waals surface area contributed by atoms with Crippen molar-refractivity contribution in [3.63, 3.8) is 0 Å². The molecule has 4 aromatic rings. The van der Waals surface area contributed by atoms with E-state index in [1.807, 2.05) is 12.1 Å². The van der Waals surface area contributed by atoms with E-state index in [0.717, 1.165) is 10.5 Å². The smallest absolute Gasteiger partial charge is 0.222 e. The van der Waals surface area contributed by atoms with Crippen LogP contribution in [0.1, 0.15) is 0 Å². The summed E-state index contributed by atoms with van der Waals surface area (Å²) in [5.74, 6) is 0.0748. The summed E-state index contributed by atoms with van der Waals surface area (Å²) < 4.78 is 14.7. The number of aromatic nitrogens is 4. The molecule has 0 spiro atoms. The summed E-state index contributed by atoms with van der Waals surface area (Å²) in [6, 6.07) is 11.9. The van der Waals surface area contributed by atoms with E-state index in [1.54, 1.807) is 49.1 Å². The summed E-state index contributed by atoms with van der Waals surface area (Å²) >= 11 is 7.56. The van der Waals surface area contributed by atoms with Crippen LogP contribution in [0.4, 0.5) is 21.8 Å². The van der Waals surface area contributed by atoms with E-state index in [1.165, 1.54) is 17.8 Å². The van der Waals surface area contributed by atoms with Crippen molar-refractivity contribution in [2.24, 2.45) is 0 Å². The van der Waals surface area contributed by atoms with Crippen LogP contribution in [0.3, 0.4) is 0 Å². The number of nitrogens with two attached hydrogens (primary N) is 1. The lowest BCUT2D eigenvalue weighted by Gasteiger charge is -2.11. The molecule has 0 atom stereocenters. The highest BCUT2D eigenvalue weighted by atomic mass is 35.5. The average Bonchev–Trinajstić information content (AvgIpc) is 2.72. The molecule has 0 bridgehead atoms. The molecule has 0 radical (unpaired) electrons. The van der Waals surface area contributed by atoms with E-state index in [0.29, 0.717) is 22.1 Å². The van der Waals surface area contributed by atoms with Crippen LogP contribution < -0.4 is 11.1 Å². The maximum atomic E-state index is 14.7. The lowest BCUT2D eigenvalue weighted by atomic mass is 10.2. The van der Waals surface area contributed by atoms with Gasteiger partial charge in [-0.3, -0.25) is 9.97 Å². The Balaban J connectivity index is 1.61. The van der Waals surface area contributed by atoms with Gasteiger partial charge in [-0.05, 0) is 36.4 Å². The number of anilines is 3. The van der Waals surface area contributed by atoms with E-state index in [9.17, 15) is 4.39 Å². The van der Waals surface area contributed by atoms with Crippen molar-refractivity contribution in [2.45, 2.75) is 9.79 Å². The van der Waals surface area contributed by atoms with E-state index in [2.05, 4.69) is 25.3 Å². The number of benzene rings is 1. The first-order valence-electron chi connectivity index (χ1n) is 8.47. The minimum atomic E-state index is -0.446. The highest BCUT2D eigenvalue weighted by Crippen LogP contribution is 2.37. The van der Waals surface area contributed by atoms with Crippen molar-refractivity contribution in [3.05, 3.63) is 78.1 Å². The Kier molecular flexibility index (Phi) is 5.55. The zero-order valence-electron chi connectivity index (χ0n) is 14.9. The number of hydrogen-bond donors (Lipinski definition) is 2. The van der Waals surface area contributed by atoms with Crippen LogP contribution in [0.25, 0.3) is 11.3 Å². The van der Waals surface area contributed by atoms with Gasteiger partial charge in [0.25, 0.3) is 0 Å². The SMILES string of the molecule is Nc1nc(Nc2cc(F)c(Sc3ccncc3)c(Cl)c2)cc(-c2ccncc2)n1. The normalized spacial score (nSPS) is 10.7. The lowest BCUT2D eigenvalue weighted by Crippen LogP contribution is -2.02. The molecule has 0 fully saturated rings. The molecule has 0 aliphatic heterocycles. The fraction of sp³-hybridized carbons (Fsp3) is 0. The highest BCUT2D eigenvalue weighted by Gasteiger charge is 2.13. The van der Waals surface area contributed by atoms with Crippen LogP contribution >= 0.6 is 23.4 Å². The molecule has 0 aliphatic carbocycles. The molecular weight excluding hydrogens is 411 g/mol. The Morgan fingerprint density at radius 3 is 2.31 bits per heavy atom. The maximum Gasteiger partial charge on any atom is 0.222 e. The predicted molar refractivity (Wildman–Crippen MR) is 113 cm³/mol. The van der Waals surface area contributed by atoms with Gasteiger partial charge in [0.2, 0.25) is 5.95 Å². The van der Waals surface area contributed by atoms with Crippen molar-refractivity contribution in [1.29, 1.82) is 0 Å². The van der Waals surface area contributed by atoms with Crippen LogP contribution in [0, 0.1) is 5.82 Å². The molecule has 1 aromatic carbocycles. The molecule has 9 heteroatoms. The zero-order chi connectivity index (χ0) is 20.2. The van der Waals surface area contributed by atoms with Gasteiger partial charge in [0.15, 0.2) is 0 Å². The second-order valence-electron chi connectivity index (χ2n) is 5.91. The number of rotatable bonds is 5. The summed E-state index contributed by atoms with van der Waals surface area (Å²) in [5.41, 5.74) is 7.75. The summed E-state index contributed by atoms with van der Waals surface area (Å²) in [5, 5.41) is 3.32. The van der Waals surface area contributed by atoms with E-state index < -0.39 is 5.82 Å². The quantitative estimate of drug-likeness (QED) is 0.454. The Hall–Kier alpha value is -3.23. The Labute approximate surface area is 175 Å². The van der Waals surface area contributed by atoms with Crippen molar-refractivity contribution in [1.82, 2.24) is 19.9 Å². The van der Waals surface area contributed by atoms with Crippen molar-refractivity contribution in [3.8, 4) is 11.3 Å². The van der Waals surface area contributed by atoms with Crippen molar-refractivity contribution >= 4 is 40.8 Å². The van der Waals surface area contributed by atoms with Gasteiger partial charge < -0.3 is 11.1 Å². The molecule has 3 N–H and O–H groups in total. The van der Waals surface area contributed by atoms with Crippen LogP contribution in [-0.4, -0.2) is 19.9 Å². The molecule has 0 amide bonds. The first-order valence-corrected chi connectivity index (χ1v) is 9.67.